The van der Waals surface area contributed by atoms with Crippen molar-refractivity contribution in [3.8, 4) is 0 Å². The maximum atomic E-state index is 8.87. The highest BCUT2D eigenvalue weighted by molar-refractivity contribution is 5.22. The lowest BCUT2D eigenvalue weighted by molar-refractivity contribution is 0.0768. The standard InChI is InChI=1S/C12H18O2/c1-3-14-10(2)8-11-4-6-12(9-13)7-5-11/h4-7,10,13H,3,8-9H2,1-2H3. The summed E-state index contributed by atoms with van der Waals surface area (Å²) in [6.07, 6.45) is 1.19. The Bertz CT molecular complexity index is 254. The third-order valence-electron chi connectivity index (χ3n) is 2.18. The van der Waals surface area contributed by atoms with E-state index in [9.17, 15) is 0 Å². The van der Waals surface area contributed by atoms with Crippen molar-refractivity contribution in [2.75, 3.05) is 6.61 Å². The first-order valence-corrected chi connectivity index (χ1v) is 5.06. The van der Waals surface area contributed by atoms with Crippen LogP contribution in [0.15, 0.2) is 24.3 Å². The zero-order chi connectivity index (χ0) is 10.4. The summed E-state index contributed by atoms with van der Waals surface area (Å²) < 4.78 is 5.45. The van der Waals surface area contributed by atoms with Crippen LogP contribution in [0, 0.1) is 0 Å². The average Bonchev–Trinajstić information content (AvgIpc) is 2.19. The fourth-order valence-corrected chi connectivity index (χ4v) is 1.46. The molecule has 78 valence electrons. The summed E-state index contributed by atoms with van der Waals surface area (Å²) in [7, 11) is 0. The summed E-state index contributed by atoms with van der Waals surface area (Å²) >= 11 is 0. The molecule has 0 radical (unpaired) electrons. The first-order valence-electron chi connectivity index (χ1n) is 5.06. The van der Waals surface area contributed by atoms with Crippen LogP contribution < -0.4 is 0 Å². The van der Waals surface area contributed by atoms with Gasteiger partial charge in [-0.2, -0.15) is 0 Å². The van der Waals surface area contributed by atoms with Crippen molar-refractivity contribution in [2.45, 2.75) is 33.0 Å². The highest BCUT2D eigenvalue weighted by atomic mass is 16.5. The number of hydrogen-bond acceptors (Lipinski definition) is 2. The van der Waals surface area contributed by atoms with Crippen LogP contribution >= 0.6 is 0 Å². The Labute approximate surface area is 85.5 Å². The number of ether oxygens (including phenoxy) is 1. The van der Waals surface area contributed by atoms with Crippen LogP contribution in [0.1, 0.15) is 25.0 Å². The Morgan fingerprint density at radius 1 is 1.21 bits per heavy atom. The van der Waals surface area contributed by atoms with Crippen molar-refractivity contribution >= 4 is 0 Å². The van der Waals surface area contributed by atoms with E-state index in [1.807, 2.05) is 31.2 Å². The summed E-state index contributed by atoms with van der Waals surface area (Å²) in [4.78, 5) is 0. The van der Waals surface area contributed by atoms with Gasteiger partial charge in [-0.05, 0) is 31.4 Å². The molecular weight excluding hydrogens is 176 g/mol. The molecule has 1 atom stereocenters. The van der Waals surface area contributed by atoms with Crippen molar-refractivity contribution < 1.29 is 9.84 Å². The molecule has 0 amide bonds. The SMILES string of the molecule is CCOC(C)Cc1ccc(CO)cc1. The van der Waals surface area contributed by atoms with Crippen molar-refractivity contribution in [1.29, 1.82) is 0 Å². The summed E-state index contributed by atoms with van der Waals surface area (Å²) in [5.41, 5.74) is 2.21. The molecule has 1 aromatic rings. The minimum Gasteiger partial charge on any atom is -0.392 e. The molecule has 0 spiro atoms. The molecule has 0 saturated heterocycles. The molecule has 0 fully saturated rings. The van der Waals surface area contributed by atoms with Gasteiger partial charge < -0.3 is 9.84 Å². The minimum atomic E-state index is 0.112. The zero-order valence-electron chi connectivity index (χ0n) is 8.86. The number of benzene rings is 1. The van der Waals surface area contributed by atoms with Gasteiger partial charge in [0.2, 0.25) is 0 Å². The highest BCUT2D eigenvalue weighted by Gasteiger charge is 2.02. The molecule has 0 bridgehead atoms. The second kappa shape index (κ2) is 5.78. The maximum Gasteiger partial charge on any atom is 0.0681 e. The van der Waals surface area contributed by atoms with E-state index in [-0.39, 0.29) is 12.7 Å². The second-order valence-corrected chi connectivity index (χ2v) is 3.44. The Hall–Kier alpha value is -0.860. The molecule has 0 aromatic heterocycles. The predicted molar refractivity (Wildman–Crippen MR) is 57.2 cm³/mol. The van der Waals surface area contributed by atoms with Crippen molar-refractivity contribution in [3.63, 3.8) is 0 Å². The maximum absolute atomic E-state index is 8.87. The second-order valence-electron chi connectivity index (χ2n) is 3.44. The van der Waals surface area contributed by atoms with E-state index in [2.05, 4.69) is 6.92 Å². The van der Waals surface area contributed by atoms with Crippen LogP contribution in [0.25, 0.3) is 0 Å². The van der Waals surface area contributed by atoms with E-state index in [0.717, 1.165) is 18.6 Å². The van der Waals surface area contributed by atoms with Gasteiger partial charge in [-0.15, -0.1) is 0 Å². The lowest BCUT2D eigenvalue weighted by atomic mass is 10.1. The van der Waals surface area contributed by atoms with Crippen LogP contribution in [0.3, 0.4) is 0 Å². The molecule has 0 aliphatic heterocycles. The smallest absolute Gasteiger partial charge is 0.0681 e. The lowest BCUT2D eigenvalue weighted by Gasteiger charge is -2.11. The van der Waals surface area contributed by atoms with Gasteiger partial charge in [0.05, 0.1) is 12.7 Å². The Morgan fingerprint density at radius 2 is 1.79 bits per heavy atom. The van der Waals surface area contributed by atoms with E-state index >= 15 is 0 Å². The summed E-state index contributed by atoms with van der Waals surface area (Å²) in [5.74, 6) is 0. The van der Waals surface area contributed by atoms with Crippen LogP contribution in [0.4, 0.5) is 0 Å². The van der Waals surface area contributed by atoms with Gasteiger partial charge in [0.1, 0.15) is 0 Å². The molecule has 1 aromatic carbocycles. The summed E-state index contributed by atoms with van der Waals surface area (Å²) in [6, 6.07) is 7.99. The van der Waals surface area contributed by atoms with Gasteiger partial charge in [0.25, 0.3) is 0 Å². The first-order chi connectivity index (χ1) is 6.76. The fourth-order valence-electron chi connectivity index (χ4n) is 1.46. The van der Waals surface area contributed by atoms with E-state index in [4.69, 9.17) is 9.84 Å². The minimum absolute atomic E-state index is 0.112. The first kappa shape index (κ1) is 11.2. The van der Waals surface area contributed by atoms with Crippen molar-refractivity contribution in [2.24, 2.45) is 0 Å². The molecule has 14 heavy (non-hydrogen) atoms. The van der Waals surface area contributed by atoms with Gasteiger partial charge >= 0.3 is 0 Å². The number of aliphatic hydroxyl groups is 1. The lowest BCUT2D eigenvalue weighted by Crippen LogP contribution is -2.11. The fraction of sp³-hybridized carbons (Fsp3) is 0.500. The van der Waals surface area contributed by atoms with Crippen molar-refractivity contribution in [1.82, 2.24) is 0 Å². The van der Waals surface area contributed by atoms with E-state index in [0.29, 0.717) is 0 Å². The van der Waals surface area contributed by atoms with Gasteiger partial charge in [0, 0.05) is 6.61 Å². The summed E-state index contributed by atoms with van der Waals surface area (Å²) in [6.45, 7) is 4.95. The number of hydrogen-bond donors (Lipinski definition) is 1. The molecular formula is C12H18O2. The third kappa shape index (κ3) is 3.48. The molecule has 0 aliphatic carbocycles. The average molecular weight is 194 g/mol. The zero-order valence-corrected chi connectivity index (χ0v) is 8.86. The third-order valence-corrected chi connectivity index (χ3v) is 2.18. The molecule has 2 nitrogen and oxygen atoms in total. The van der Waals surface area contributed by atoms with Gasteiger partial charge in [0.15, 0.2) is 0 Å². The topological polar surface area (TPSA) is 29.5 Å². The van der Waals surface area contributed by atoms with Crippen molar-refractivity contribution in [3.05, 3.63) is 35.4 Å². The number of aliphatic hydroxyl groups excluding tert-OH is 1. The predicted octanol–water partition coefficient (Wildman–Crippen LogP) is 2.15. The summed E-state index contributed by atoms with van der Waals surface area (Å²) in [5, 5.41) is 8.87. The molecule has 1 unspecified atom stereocenters. The molecule has 1 rings (SSSR count). The Balaban J connectivity index is 2.50. The molecule has 1 N–H and O–H groups in total. The molecule has 2 heteroatoms. The number of rotatable bonds is 5. The van der Waals surface area contributed by atoms with Crippen LogP contribution in [-0.4, -0.2) is 17.8 Å². The van der Waals surface area contributed by atoms with E-state index < -0.39 is 0 Å². The van der Waals surface area contributed by atoms with E-state index in [1.54, 1.807) is 0 Å². The highest BCUT2D eigenvalue weighted by Crippen LogP contribution is 2.08. The molecule has 0 saturated carbocycles. The van der Waals surface area contributed by atoms with Crippen LogP contribution in [-0.2, 0) is 17.8 Å². The monoisotopic (exact) mass is 194 g/mol. The van der Waals surface area contributed by atoms with Gasteiger partial charge in [-0.1, -0.05) is 24.3 Å². The van der Waals surface area contributed by atoms with Gasteiger partial charge in [-0.3, -0.25) is 0 Å². The Kier molecular flexibility index (Phi) is 4.63. The normalized spacial score (nSPS) is 12.8. The molecule has 0 heterocycles. The van der Waals surface area contributed by atoms with Gasteiger partial charge in [-0.25, -0.2) is 0 Å². The Morgan fingerprint density at radius 3 is 2.29 bits per heavy atom. The van der Waals surface area contributed by atoms with Crippen LogP contribution in [0.2, 0.25) is 0 Å². The largest absolute Gasteiger partial charge is 0.392 e. The quantitative estimate of drug-likeness (QED) is 0.778. The molecule has 0 aliphatic rings. The van der Waals surface area contributed by atoms with Crippen LogP contribution in [0.5, 0.6) is 0 Å². The van der Waals surface area contributed by atoms with E-state index in [1.165, 1.54) is 5.56 Å².